The molecule has 0 radical (unpaired) electrons. The van der Waals surface area contributed by atoms with Gasteiger partial charge in [-0.15, -0.1) is 5.10 Å². The van der Waals surface area contributed by atoms with Crippen molar-refractivity contribution >= 4 is 45.6 Å². The fourth-order valence-corrected chi connectivity index (χ4v) is 4.64. The number of fused-ring (bicyclic) bond motifs is 2. The average molecular weight is 491 g/mol. The Balaban J connectivity index is 1.24. The molecule has 1 unspecified atom stereocenters. The first-order valence-corrected chi connectivity index (χ1v) is 12.1. The van der Waals surface area contributed by atoms with Gasteiger partial charge < -0.3 is 4.57 Å². The second-order valence-corrected chi connectivity index (χ2v) is 9.32. The molecule has 0 aliphatic rings. The maximum atomic E-state index is 6.13. The zero-order chi connectivity index (χ0) is 24.5. The Kier molecular flexibility index (Phi) is 5.79. The first-order chi connectivity index (χ1) is 17.6. The molecule has 0 fully saturated rings. The van der Waals surface area contributed by atoms with Gasteiger partial charge in [-0.2, -0.15) is 0 Å². The number of pyridine rings is 1. The van der Waals surface area contributed by atoms with Crippen molar-refractivity contribution < 1.29 is 0 Å². The minimum atomic E-state index is 0.0564. The molecule has 0 aliphatic carbocycles. The van der Waals surface area contributed by atoms with E-state index in [1.807, 2.05) is 30.3 Å². The van der Waals surface area contributed by atoms with E-state index in [0.717, 1.165) is 34.3 Å². The molecule has 3 heterocycles. The molecular formula is C29H23ClN6. The van der Waals surface area contributed by atoms with Crippen molar-refractivity contribution in [3.05, 3.63) is 119 Å². The lowest BCUT2D eigenvalue weighted by Gasteiger charge is -2.13. The first kappa shape index (κ1) is 22.2. The van der Waals surface area contributed by atoms with Crippen LogP contribution in [-0.2, 0) is 6.54 Å². The largest absolute Gasteiger partial charge is 0.343 e. The van der Waals surface area contributed by atoms with Gasteiger partial charge in [-0.1, -0.05) is 60.1 Å². The van der Waals surface area contributed by atoms with Crippen molar-refractivity contribution in [3.63, 3.8) is 0 Å². The van der Waals surface area contributed by atoms with Crippen LogP contribution in [0.1, 0.15) is 35.3 Å². The SMILES string of the molecule is CC(c1ccc2ccn(Cc3cccc(/C=C/c4ccc5ccc(Cl)cc5n4)c3)c2c1)n1cnnn1. The van der Waals surface area contributed by atoms with Gasteiger partial charge in [0.05, 0.1) is 17.3 Å². The molecule has 6 aromatic rings. The third-order valence-corrected chi connectivity index (χ3v) is 6.70. The molecule has 0 saturated carbocycles. The van der Waals surface area contributed by atoms with Gasteiger partial charge >= 0.3 is 0 Å². The molecule has 6 rings (SSSR count). The van der Waals surface area contributed by atoms with E-state index >= 15 is 0 Å². The van der Waals surface area contributed by atoms with Gasteiger partial charge in [0.15, 0.2) is 0 Å². The molecule has 0 spiro atoms. The minimum Gasteiger partial charge on any atom is -0.343 e. The summed E-state index contributed by atoms with van der Waals surface area (Å²) in [6.07, 6.45) is 7.93. The van der Waals surface area contributed by atoms with Crippen LogP contribution in [0.5, 0.6) is 0 Å². The van der Waals surface area contributed by atoms with Crippen molar-refractivity contribution in [2.75, 3.05) is 0 Å². The highest BCUT2D eigenvalue weighted by atomic mass is 35.5. The van der Waals surface area contributed by atoms with E-state index in [4.69, 9.17) is 16.6 Å². The zero-order valence-electron chi connectivity index (χ0n) is 19.7. The van der Waals surface area contributed by atoms with Crippen molar-refractivity contribution in [3.8, 4) is 0 Å². The standard InChI is InChI=1S/C29H23ClN6/c1-20(36-19-31-33-34-36)25-7-6-24-13-14-35(29(24)16-25)18-22-4-2-3-21(15-22)5-11-27-12-9-23-8-10-26(30)17-28(23)32-27/h2-17,19-20H,18H2,1H3/b11-5+. The van der Waals surface area contributed by atoms with Gasteiger partial charge in [-0.3, -0.25) is 0 Å². The molecule has 0 bridgehead atoms. The molecule has 0 aliphatic heterocycles. The number of tetrazole rings is 1. The van der Waals surface area contributed by atoms with Gasteiger partial charge in [0.1, 0.15) is 6.33 Å². The Labute approximate surface area is 213 Å². The normalized spacial score (nSPS) is 12.6. The van der Waals surface area contributed by atoms with E-state index in [-0.39, 0.29) is 6.04 Å². The summed E-state index contributed by atoms with van der Waals surface area (Å²) < 4.78 is 4.05. The maximum Gasteiger partial charge on any atom is 0.138 e. The van der Waals surface area contributed by atoms with Gasteiger partial charge in [-0.05, 0) is 81.9 Å². The van der Waals surface area contributed by atoms with Gasteiger partial charge in [0.25, 0.3) is 0 Å². The van der Waals surface area contributed by atoms with Crippen LogP contribution < -0.4 is 0 Å². The Bertz CT molecular complexity index is 1700. The number of halogens is 1. The van der Waals surface area contributed by atoms with Gasteiger partial charge in [-0.25, -0.2) is 9.67 Å². The number of hydrogen-bond acceptors (Lipinski definition) is 4. The quantitative estimate of drug-likeness (QED) is 0.262. The summed E-state index contributed by atoms with van der Waals surface area (Å²) in [7, 11) is 0. The van der Waals surface area contributed by atoms with Gasteiger partial charge in [0.2, 0.25) is 0 Å². The monoisotopic (exact) mass is 490 g/mol. The van der Waals surface area contributed by atoms with E-state index in [1.54, 1.807) is 11.0 Å². The van der Waals surface area contributed by atoms with Gasteiger partial charge in [0, 0.05) is 28.7 Å². The summed E-state index contributed by atoms with van der Waals surface area (Å²) in [4.78, 5) is 4.72. The minimum absolute atomic E-state index is 0.0564. The van der Waals surface area contributed by atoms with E-state index in [0.29, 0.717) is 5.02 Å². The highest BCUT2D eigenvalue weighted by molar-refractivity contribution is 6.31. The lowest BCUT2D eigenvalue weighted by molar-refractivity contribution is 0.543. The molecule has 7 heteroatoms. The van der Waals surface area contributed by atoms with Crippen LogP contribution in [0.3, 0.4) is 0 Å². The van der Waals surface area contributed by atoms with E-state index in [2.05, 4.69) is 93.9 Å². The zero-order valence-corrected chi connectivity index (χ0v) is 20.4. The molecule has 0 saturated heterocycles. The van der Waals surface area contributed by atoms with E-state index in [1.165, 1.54) is 16.5 Å². The summed E-state index contributed by atoms with van der Waals surface area (Å²) in [5, 5.41) is 14.6. The van der Waals surface area contributed by atoms with Crippen LogP contribution in [0.25, 0.3) is 34.0 Å². The smallest absolute Gasteiger partial charge is 0.138 e. The number of nitrogens with zero attached hydrogens (tertiary/aromatic N) is 6. The number of rotatable bonds is 6. The second kappa shape index (κ2) is 9.40. The predicted octanol–water partition coefficient (Wildman–Crippen LogP) is 6.66. The fourth-order valence-electron chi connectivity index (χ4n) is 4.47. The van der Waals surface area contributed by atoms with Crippen LogP contribution in [0.15, 0.2) is 91.4 Å². The Morgan fingerprint density at radius 1 is 0.917 bits per heavy atom. The molecule has 36 heavy (non-hydrogen) atoms. The predicted molar refractivity (Wildman–Crippen MR) is 145 cm³/mol. The van der Waals surface area contributed by atoms with Crippen molar-refractivity contribution in [2.45, 2.75) is 19.5 Å². The number of hydrogen-bond donors (Lipinski definition) is 0. The molecular weight excluding hydrogens is 468 g/mol. The van der Waals surface area contributed by atoms with Crippen molar-refractivity contribution in [2.24, 2.45) is 0 Å². The summed E-state index contributed by atoms with van der Waals surface area (Å²) in [6, 6.07) is 27.2. The highest BCUT2D eigenvalue weighted by Crippen LogP contribution is 2.24. The van der Waals surface area contributed by atoms with Crippen LogP contribution in [0.4, 0.5) is 0 Å². The third-order valence-electron chi connectivity index (χ3n) is 6.47. The van der Waals surface area contributed by atoms with E-state index in [9.17, 15) is 0 Å². The summed E-state index contributed by atoms with van der Waals surface area (Å²) >= 11 is 6.13. The molecule has 6 nitrogen and oxygen atoms in total. The van der Waals surface area contributed by atoms with Crippen molar-refractivity contribution in [1.29, 1.82) is 0 Å². The summed E-state index contributed by atoms with van der Waals surface area (Å²) in [5.41, 5.74) is 6.50. The third kappa shape index (κ3) is 4.51. The van der Waals surface area contributed by atoms with Crippen LogP contribution in [0.2, 0.25) is 5.02 Å². The lowest BCUT2D eigenvalue weighted by Crippen LogP contribution is -2.08. The maximum absolute atomic E-state index is 6.13. The Hall–Kier alpha value is -4.29. The summed E-state index contributed by atoms with van der Waals surface area (Å²) in [5.74, 6) is 0. The molecule has 0 amide bonds. The summed E-state index contributed by atoms with van der Waals surface area (Å²) in [6.45, 7) is 2.88. The second-order valence-electron chi connectivity index (χ2n) is 8.88. The Morgan fingerprint density at radius 2 is 1.81 bits per heavy atom. The highest BCUT2D eigenvalue weighted by Gasteiger charge is 2.11. The van der Waals surface area contributed by atoms with Crippen LogP contribution >= 0.6 is 11.6 Å². The first-order valence-electron chi connectivity index (χ1n) is 11.8. The Morgan fingerprint density at radius 3 is 2.69 bits per heavy atom. The van der Waals surface area contributed by atoms with E-state index < -0.39 is 0 Å². The molecule has 3 aromatic heterocycles. The number of benzene rings is 3. The van der Waals surface area contributed by atoms with Crippen molar-refractivity contribution in [1.82, 2.24) is 29.8 Å². The van der Waals surface area contributed by atoms with Crippen LogP contribution in [-0.4, -0.2) is 29.8 Å². The lowest BCUT2D eigenvalue weighted by atomic mass is 10.1. The topological polar surface area (TPSA) is 61.4 Å². The average Bonchev–Trinajstić information content (AvgIpc) is 3.58. The molecule has 1 atom stereocenters. The molecule has 0 N–H and O–H groups in total. The fraction of sp³-hybridized carbons (Fsp3) is 0.103. The number of aromatic nitrogens is 6. The molecule has 3 aromatic carbocycles. The molecule has 176 valence electrons. The van der Waals surface area contributed by atoms with Crippen LogP contribution in [0, 0.1) is 0 Å².